The number of aliphatic hydroxyl groups is 1. The Morgan fingerprint density at radius 1 is 1.27 bits per heavy atom. The maximum atomic E-state index is 9.71. The molecule has 2 aromatic rings. The minimum absolute atomic E-state index is 0.0116. The van der Waals surface area contributed by atoms with Gasteiger partial charge in [0.15, 0.2) is 5.82 Å². The largest absolute Gasteiger partial charge is 0.497 e. The fourth-order valence-electron chi connectivity index (χ4n) is 2.22. The van der Waals surface area contributed by atoms with Crippen LogP contribution in [0.25, 0.3) is 0 Å². The van der Waals surface area contributed by atoms with Gasteiger partial charge in [-0.1, -0.05) is 31.1 Å². The standard InChI is InChI=1S/C16H23N3O3/c1-11(2)16-17-15(18-22-16)9-19(3)14(10-20)12-5-7-13(21-4)8-6-12/h5-8,11,14,20H,9-10H2,1-4H3. The number of rotatable bonds is 7. The Balaban J connectivity index is 2.08. The van der Waals surface area contributed by atoms with E-state index < -0.39 is 0 Å². The summed E-state index contributed by atoms with van der Waals surface area (Å²) in [7, 11) is 3.56. The van der Waals surface area contributed by atoms with E-state index in [-0.39, 0.29) is 18.6 Å². The molecule has 0 aliphatic heterocycles. The summed E-state index contributed by atoms with van der Waals surface area (Å²) in [5.74, 6) is 2.26. The summed E-state index contributed by atoms with van der Waals surface area (Å²) in [6, 6.07) is 7.54. The molecule has 0 aliphatic rings. The number of aromatic nitrogens is 2. The van der Waals surface area contributed by atoms with Crippen LogP contribution in [0.3, 0.4) is 0 Å². The molecule has 0 amide bonds. The maximum Gasteiger partial charge on any atom is 0.229 e. The van der Waals surface area contributed by atoms with E-state index in [1.807, 2.05) is 50.1 Å². The Kier molecular flexibility index (Phi) is 5.51. The molecule has 1 unspecified atom stereocenters. The van der Waals surface area contributed by atoms with E-state index >= 15 is 0 Å². The van der Waals surface area contributed by atoms with Crippen LogP contribution in [0, 0.1) is 0 Å². The molecule has 0 spiro atoms. The van der Waals surface area contributed by atoms with Gasteiger partial charge in [-0.3, -0.25) is 4.90 Å². The average molecular weight is 305 g/mol. The molecule has 6 nitrogen and oxygen atoms in total. The molecule has 0 bridgehead atoms. The smallest absolute Gasteiger partial charge is 0.229 e. The fraction of sp³-hybridized carbons (Fsp3) is 0.500. The predicted molar refractivity (Wildman–Crippen MR) is 82.7 cm³/mol. The zero-order valence-electron chi connectivity index (χ0n) is 13.5. The van der Waals surface area contributed by atoms with Gasteiger partial charge in [0.2, 0.25) is 5.89 Å². The lowest BCUT2D eigenvalue weighted by atomic mass is 10.1. The zero-order chi connectivity index (χ0) is 16.1. The van der Waals surface area contributed by atoms with Crippen molar-refractivity contribution in [1.82, 2.24) is 15.0 Å². The number of hydrogen-bond acceptors (Lipinski definition) is 6. The molecule has 1 heterocycles. The summed E-state index contributed by atoms with van der Waals surface area (Å²) in [6.45, 7) is 4.54. The summed E-state index contributed by atoms with van der Waals surface area (Å²) in [5.41, 5.74) is 1.01. The topological polar surface area (TPSA) is 71.6 Å². The van der Waals surface area contributed by atoms with E-state index in [0.717, 1.165) is 11.3 Å². The molecule has 0 saturated heterocycles. The van der Waals surface area contributed by atoms with Crippen LogP contribution in [-0.4, -0.2) is 40.9 Å². The molecule has 1 aromatic heterocycles. The normalized spacial score (nSPS) is 12.9. The Morgan fingerprint density at radius 3 is 2.45 bits per heavy atom. The molecule has 2 rings (SSSR count). The first-order valence-corrected chi connectivity index (χ1v) is 7.32. The first-order chi connectivity index (χ1) is 10.5. The molecule has 0 radical (unpaired) electrons. The molecule has 1 N–H and O–H groups in total. The van der Waals surface area contributed by atoms with E-state index in [9.17, 15) is 5.11 Å². The Morgan fingerprint density at radius 2 is 1.95 bits per heavy atom. The zero-order valence-corrected chi connectivity index (χ0v) is 13.5. The van der Waals surface area contributed by atoms with E-state index in [4.69, 9.17) is 9.26 Å². The van der Waals surface area contributed by atoms with Gasteiger partial charge in [-0.05, 0) is 24.7 Å². The highest BCUT2D eigenvalue weighted by Crippen LogP contribution is 2.23. The highest BCUT2D eigenvalue weighted by Gasteiger charge is 2.19. The lowest BCUT2D eigenvalue weighted by Gasteiger charge is -2.25. The number of hydrogen-bond donors (Lipinski definition) is 1. The van der Waals surface area contributed by atoms with Gasteiger partial charge in [0.1, 0.15) is 5.75 Å². The molecule has 6 heteroatoms. The Hall–Kier alpha value is -1.92. The third kappa shape index (κ3) is 3.84. The fourth-order valence-corrected chi connectivity index (χ4v) is 2.22. The SMILES string of the molecule is COc1ccc(C(CO)N(C)Cc2noc(C(C)C)n2)cc1. The quantitative estimate of drug-likeness (QED) is 0.846. The number of benzene rings is 1. The van der Waals surface area contributed by atoms with Gasteiger partial charge in [-0.25, -0.2) is 0 Å². The van der Waals surface area contributed by atoms with Crippen molar-refractivity contribution in [2.24, 2.45) is 0 Å². The van der Waals surface area contributed by atoms with Crippen LogP contribution in [0.4, 0.5) is 0 Å². The van der Waals surface area contributed by atoms with Crippen LogP contribution in [0.1, 0.15) is 43.1 Å². The third-order valence-corrected chi connectivity index (χ3v) is 3.57. The van der Waals surface area contributed by atoms with Crippen molar-refractivity contribution in [2.45, 2.75) is 32.4 Å². The molecule has 1 atom stereocenters. The number of ether oxygens (including phenoxy) is 1. The van der Waals surface area contributed by atoms with Crippen molar-refractivity contribution < 1.29 is 14.4 Å². The first-order valence-electron chi connectivity index (χ1n) is 7.32. The average Bonchev–Trinajstić information content (AvgIpc) is 2.97. The van der Waals surface area contributed by atoms with Crippen molar-refractivity contribution in [3.8, 4) is 5.75 Å². The lowest BCUT2D eigenvalue weighted by molar-refractivity contribution is 0.139. The van der Waals surface area contributed by atoms with Crippen molar-refractivity contribution in [1.29, 1.82) is 0 Å². The molecule has 1 aromatic carbocycles. The highest BCUT2D eigenvalue weighted by molar-refractivity contribution is 5.29. The van der Waals surface area contributed by atoms with Crippen molar-refractivity contribution in [2.75, 3.05) is 20.8 Å². The van der Waals surface area contributed by atoms with Crippen LogP contribution in [0.5, 0.6) is 5.75 Å². The summed E-state index contributed by atoms with van der Waals surface area (Å²) in [6.07, 6.45) is 0. The summed E-state index contributed by atoms with van der Waals surface area (Å²) >= 11 is 0. The second kappa shape index (κ2) is 7.38. The van der Waals surface area contributed by atoms with Gasteiger partial charge in [0.05, 0.1) is 26.3 Å². The van der Waals surface area contributed by atoms with Crippen LogP contribution in [-0.2, 0) is 6.54 Å². The first kappa shape index (κ1) is 16.5. The molecule has 0 aliphatic carbocycles. The van der Waals surface area contributed by atoms with Gasteiger partial charge in [0, 0.05) is 5.92 Å². The minimum atomic E-state index is -0.132. The third-order valence-electron chi connectivity index (χ3n) is 3.57. The number of aliphatic hydroxyl groups excluding tert-OH is 1. The predicted octanol–water partition coefficient (Wildman–Crippen LogP) is 2.37. The second-order valence-electron chi connectivity index (χ2n) is 5.59. The van der Waals surface area contributed by atoms with E-state index in [0.29, 0.717) is 18.3 Å². The summed E-state index contributed by atoms with van der Waals surface area (Å²) in [4.78, 5) is 6.36. The van der Waals surface area contributed by atoms with Crippen LogP contribution in [0.2, 0.25) is 0 Å². The van der Waals surface area contributed by atoms with Crippen LogP contribution in [0.15, 0.2) is 28.8 Å². The number of likely N-dealkylation sites (N-methyl/N-ethyl adjacent to an activating group) is 1. The maximum absolute atomic E-state index is 9.71. The van der Waals surface area contributed by atoms with Gasteiger partial charge in [-0.15, -0.1) is 0 Å². The molecular weight excluding hydrogens is 282 g/mol. The molecule has 120 valence electrons. The summed E-state index contributed by atoms with van der Waals surface area (Å²) < 4.78 is 10.4. The van der Waals surface area contributed by atoms with E-state index in [2.05, 4.69) is 10.1 Å². The minimum Gasteiger partial charge on any atom is -0.497 e. The number of methoxy groups -OCH3 is 1. The Labute approximate surface area is 130 Å². The van der Waals surface area contributed by atoms with Gasteiger partial charge in [0.25, 0.3) is 0 Å². The highest BCUT2D eigenvalue weighted by atomic mass is 16.5. The van der Waals surface area contributed by atoms with Gasteiger partial charge in [-0.2, -0.15) is 4.98 Å². The van der Waals surface area contributed by atoms with Crippen molar-refractivity contribution in [3.63, 3.8) is 0 Å². The van der Waals surface area contributed by atoms with Crippen molar-refractivity contribution >= 4 is 0 Å². The van der Waals surface area contributed by atoms with E-state index in [1.165, 1.54) is 0 Å². The molecule has 0 saturated carbocycles. The van der Waals surface area contributed by atoms with E-state index in [1.54, 1.807) is 7.11 Å². The van der Waals surface area contributed by atoms with Gasteiger partial charge < -0.3 is 14.4 Å². The lowest BCUT2D eigenvalue weighted by Crippen LogP contribution is -2.27. The number of nitrogens with zero attached hydrogens (tertiary/aromatic N) is 3. The second-order valence-corrected chi connectivity index (χ2v) is 5.59. The molecular formula is C16H23N3O3. The Bertz CT molecular complexity index is 581. The van der Waals surface area contributed by atoms with Crippen LogP contribution < -0.4 is 4.74 Å². The molecule has 0 fully saturated rings. The summed E-state index contributed by atoms with van der Waals surface area (Å²) in [5, 5.41) is 13.7. The monoisotopic (exact) mass is 305 g/mol. The van der Waals surface area contributed by atoms with Gasteiger partial charge >= 0.3 is 0 Å². The van der Waals surface area contributed by atoms with Crippen molar-refractivity contribution in [3.05, 3.63) is 41.5 Å². The van der Waals surface area contributed by atoms with Crippen LogP contribution >= 0.6 is 0 Å². The molecule has 22 heavy (non-hydrogen) atoms.